The molecule has 0 unspecified atom stereocenters. The van der Waals surface area contributed by atoms with E-state index in [9.17, 15) is 19.7 Å². The maximum atomic E-state index is 11.6. The summed E-state index contributed by atoms with van der Waals surface area (Å²) in [5.41, 5.74) is -0.160. The fourth-order valence-electron chi connectivity index (χ4n) is 1.28. The van der Waals surface area contributed by atoms with E-state index in [-0.39, 0.29) is 11.4 Å². The van der Waals surface area contributed by atoms with Crippen LogP contribution in [0.4, 0.5) is 11.4 Å². The zero-order valence-corrected chi connectivity index (χ0v) is 9.88. The highest BCUT2D eigenvalue weighted by Crippen LogP contribution is 2.23. The van der Waals surface area contributed by atoms with Crippen LogP contribution in [-0.4, -0.2) is 22.9 Å². The van der Waals surface area contributed by atoms with Crippen molar-refractivity contribution in [2.24, 2.45) is 0 Å². The number of ether oxygens (including phenoxy) is 1. The number of para-hydroxylation sites is 2. The number of rotatable bonds is 4. The summed E-state index contributed by atoms with van der Waals surface area (Å²) < 4.78 is 4.66. The van der Waals surface area contributed by atoms with Crippen LogP contribution in [-0.2, 0) is 14.3 Å². The van der Waals surface area contributed by atoms with Crippen LogP contribution in [0, 0.1) is 10.1 Å². The lowest BCUT2D eigenvalue weighted by Crippen LogP contribution is -2.29. The molecule has 0 fully saturated rings. The minimum atomic E-state index is -1.01. The molecule has 0 spiro atoms. The molecule has 1 N–H and O–H groups in total. The molecule has 1 aromatic carbocycles. The van der Waals surface area contributed by atoms with Gasteiger partial charge < -0.3 is 10.1 Å². The molecule has 18 heavy (non-hydrogen) atoms. The number of esters is 1. The summed E-state index contributed by atoms with van der Waals surface area (Å²) in [5, 5.41) is 13.1. The predicted octanol–water partition coefficient (Wildman–Crippen LogP) is 1.48. The van der Waals surface area contributed by atoms with Crippen molar-refractivity contribution in [2.75, 3.05) is 5.32 Å². The second-order valence-corrected chi connectivity index (χ2v) is 3.52. The third kappa shape index (κ3) is 3.55. The van der Waals surface area contributed by atoms with Crippen LogP contribution >= 0.6 is 0 Å². The van der Waals surface area contributed by atoms with Gasteiger partial charge in [0, 0.05) is 13.0 Å². The standard InChI is InChI=1S/C11H12N2O5/c1-7(18-8(2)14)11(15)12-9-5-3-4-6-10(9)13(16)17/h3-7H,1-2H3,(H,12,15)/t7-/m0/s1. The van der Waals surface area contributed by atoms with Crippen molar-refractivity contribution in [2.45, 2.75) is 20.0 Å². The number of nitrogens with zero attached hydrogens (tertiary/aromatic N) is 1. The van der Waals surface area contributed by atoms with Gasteiger partial charge in [-0.3, -0.25) is 19.7 Å². The van der Waals surface area contributed by atoms with Gasteiger partial charge in [0.05, 0.1) is 4.92 Å². The van der Waals surface area contributed by atoms with E-state index in [1.165, 1.54) is 32.0 Å². The zero-order valence-electron chi connectivity index (χ0n) is 9.88. The number of carbonyl (C=O) groups excluding carboxylic acids is 2. The number of hydrogen-bond donors (Lipinski definition) is 1. The summed E-state index contributed by atoms with van der Waals surface area (Å²) >= 11 is 0. The number of benzene rings is 1. The van der Waals surface area contributed by atoms with E-state index < -0.39 is 22.9 Å². The minimum absolute atomic E-state index is 0.0616. The second-order valence-electron chi connectivity index (χ2n) is 3.52. The molecule has 1 aromatic rings. The Morgan fingerprint density at radius 1 is 1.39 bits per heavy atom. The van der Waals surface area contributed by atoms with Crippen molar-refractivity contribution >= 4 is 23.3 Å². The van der Waals surface area contributed by atoms with Crippen molar-refractivity contribution < 1.29 is 19.2 Å². The van der Waals surface area contributed by atoms with E-state index in [0.717, 1.165) is 0 Å². The Morgan fingerprint density at radius 3 is 2.56 bits per heavy atom. The Labute approximate surface area is 103 Å². The first kappa shape index (κ1) is 13.6. The van der Waals surface area contributed by atoms with E-state index in [1.54, 1.807) is 6.07 Å². The van der Waals surface area contributed by atoms with E-state index in [0.29, 0.717) is 0 Å². The highest BCUT2D eigenvalue weighted by atomic mass is 16.6. The number of amides is 1. The van der Waals surface area contributed by atoms with Crippen molar-refractivity contribution in [1.82, 2.24) is 0 Å². The van der Waals surface area contributed by atoms with Gasteiger partial charge in [-0.1, -0.05) is 12.1 Å². The molecule has 96 valence electrons. The fraction of sp³-hybridized carbons (Fsp3) is 0.273. The van der Waals surface area contributed by atoms with Crippen LogP contribution in [0.3, 0.4) is 0 Å². The van der Waals surface area contributed by atoms with Crippen LogP contribution in [0.25, 0.3) is 0 Å². The molecule has 7 heteroatoms. The van der Waals surface area contributed by atoms with Crippen molar-refractivity contribution in [3.05, 3.63) is 34.4 Å². The first-order valence-corrected chi connectivity index (χ1v) is 5.13. The Hall–Kier alpha value is -2.44. The topological polar surface area (TPSA) is 98.5 Å². The highest BCUT2D eigenvalue weighted by molar-refractivity contribution is 5.96. The van der Waals surface area contributed by atoms with Gasteiger partial charge in [-0.15, -0.1) is 0 Å². The van der Waals surface area contributed by atoms with Crippen molar-refractivity contribution in [3.8, 4) is 0 Å². The van der Waals surface area contributed by atoms with Gasteiger partial charge in [0.15, 0.2) is 6.10 Å². The molecule has 7 nitrogen and oxygen atoms in total. The van der Waals surface area contributed by atoms with Crippen LogP contribution in [0.5, 0.6) is 0 Å². The van der Waals surface area contributed by atoms with E-state index in [4.69, 9.17) is 0 Å². The van der Waals surface area contributed by atoms with Gasteiger partial charge in [0.2, 0.25) is 0 Å². The third-order valence-electron chi connectivity index (χ3n) is 2.07. The monoisotopic (exact) mass is 252 g/mol. The van der Waals surface area contributed by atoms with E-state index in [1.807, 2.05) is 0 Å². The maximum Gasteiger partial charge on any atom is 0.303 e. The first-order chi connectivity index (χ1) is 8.41. The largest absolute Gasteiger partial charge is 0.453 e. The smallest absolute Gasteiger partial charge is 0.303 e. The Bertz CT molecular complexity index is 486. The van der Waals surface area contributed by atoms with Crippen molar-refractivity contribution in [3.63, 3.8) is 0 Å². The summed E-state index contributed by atoms with van der Waals surface area (Å²) in [5.74, 6) is -1.22. The van der Waals surface area contributed by atoms with E-state index in [2.05, 4.69) is 10.1 Å². The quantitative estimate of drug-likeness (QED) is 0.497. The van der Waals surface area contributed by atoms with E-state index >= 15 is 0 Å². The summed E-state index contributed by atoms with van der Waals surface area (Å²) in [6, 6.07) is 5.71. The number of anilines is 1. The normalized spacial score (nSPS) is 11.4. The molecule has 0 heterocycles. The molecule has 0 saturated heterocycles. The number of nitro groups is 1. The van der Waals surface area contributed by atoms with Crippen molar-refractivity contribution in [1.29, 1.82) is 0 Å². The number of nitro benzene ring substituents is 1. The summed E-state index contributed by atoms with van der Waals surface area (Å²) in [6.07, 6.45) is -1.01. The lowest BCUT2D eigenvalue weighted by Gasteiger charge is -2.12. The van der Waals surface area contributed by atoms with Crippen LogP contribution in [0.1, 0.15) is 13.8 Å². The number of nitrogens with one attached hydrogen (secondary N) is 1. The molecular weight excluding hydrogens is 240 g/mol. The fourth-order valence-corrected chi connectivity index (χ4v) is 1.28. The molecule has 0 saturated carbocycles. The molecular formula is C11H12N2O5. The average molecular weight is 252 g/mol. The molecule has 0 radical (unpaired) electrons. The molecule has 0 aromatic heterocycles. The molecule has 0 aliphatic heterocycles. The lowest BCUT2D eigenvalue weighted by molar-refractivity contribution is -0.383. The number of carbonyl (C=O) groups is 2. The number of hydrogen-bond acceptors (Lipinski definition) is 5. The SMILES string of the molecule is CC(=O)O[C@@H](C)C(=O)Nc1ccccc1[N+](=O)[O-]. The summed E-state index contributed by atoms with van der Waals surface area (Å²) in [6.45, 7) is 2.56. The molecule has 1 atom stereocenters. The second kappa shape index (κ2) is 5.76. The average Bonchev–Trinajstić information content (AvgIpc) is 2.28. The lowest BCUT2D eigenvalue weighted by atomic mass is 10.2. The summed E-state index contributed by atoms with van der Waals surface area (Å²) in [4.78, 5) is 32.4. The highest BCUT2D eigenvalue weighted by Gasteiger charge is 2.20. The van der Waals surface area contributed by atoms with Gasteiger partial charge in [-0.05, 0) is 13.0 Å². The molecule has 0 bridgehead atoms. The molecule has 0 aliphatic rings. The predicted molar refractivity (Wildman–Crippen MR) is 63.0 cm³/mol. The van der Waals surface area contributed by atoms with Gasteiger partial charge in [0.1, 0.15) is 5.69 Å². The van der Waals surface area contributed by atoms with Gasteiger partial charge in [-0.25, -0.2) is 0 Å². The van der Waals surface area contributed by atoms with Gasteiger partial charge >= 0.3 is 5.97 Å². The molecule has 0 aliphatic carbocycles. The van der Waals surface area contributed by atoms with Crippen LogP contribution in [0.15, 0.2) is 24.3 Å². The molecule has 1 amide bonds. The third-order valence-corrected chi connectivity index (χ3v) is 2.07. The minimum Gasteiger partial charge on any atom is -0.453 e. The Kier molecular flexibility index (Phi) is 4.36. The first-order valence-electron chi connectivity index (χ1n) is 5.13. The molecule has 1 rings (SSSR count). The van der Waals surface area contributed by atoms with Crippen LogP contribution < -0.4 is 5.32 Å². The van der Waals surface area contributed by atoms with Gasteiger partial charge in [-0.2, -0.15) is 0 Å². The Balaban J connectivity index is 2.82. The Morgan fingerprint density at radius 2 is 2.00 bits per heavy atom. The maximum absolute atomic E-state index is 11.6. The summed E-state index contributed by atoms with van der Waals surface area (Å²) in [7, 11) is 0. The van der Waals surface area contributed by atoms with Gasteiger partial charge in [0.25, 0.3) is 11.6 Å². The van der Waals surface area contributed by atoms with Crippen LogP contribution in [0.2, 0.25) is 0 Å². The zero-order chi connectivity index (χ0) is 13.7.